The number of hydrogen-bond donors (Lipinski definition) is 0. The van der Waals surface area contributed by atoms with E-state index in [2.05, 4.69) is 4.98 Å². The molecule has 0 unspecified atom stereocenters. The maximum atomic E-state index is 12.4. The lowest BCUT2D eigenvalue weighted by molar-refractivity contribution is -0.141. The largest absolute Gasteiger partial charge is 0.433 e. The molecule has 5 heteroatoms. The Kier molecular flexibility index (Phi) is 2.98. The summed E-state index contributed by atoms with van der Waals surface area (Å²) in [5.41, 5.74) is -0.743. The summed E-state index contributed by atoms with van der Waals surface area (Å²) in [6.07, 6.45) is -4.50. The van der Waals surface area contributed by atoms with Crippen LogP contribution in [0.1, 0.15) is 36.7 Å². The number of pyridine rings is 1. The van der Waals surface area contributed by atoms with Gasteiger partial charge in [0.2, 0.25) is 0 Å². The number of aromatic nitrogens is 1. The smallest absolute Gasteiger partial charge is 0.248 e. The molecule has 0 bridgehead atoms. The molecule has 0 spiro atoms. The quantitative estimate of drug-likeness (QED) is 0.720. The van der Waals surface area contributed by atoms with Crippen LogP contribution in [0.3, 0.4) is 0 Å². The van der Waals surface area contributed by atoms with Crippen molar-refractivity contribution in [3.8, 4) is 6.07 Å². The van der Waals surface area contributed by atoms with Crippen molar-refractivity contribution in [1.29, 1.82) is 5.26 Å². The molecule has 0 saturated carbocycles. The lowest BCUT2D eigenvalue weighted by Gasteiger charge is -2.10. The van der Waals surface area contributed by atoms with Gasteiger partial charge in [-0.3, -0.25) is 0 Å². The first-order valence-electron chi connectivity index (χ1n) is 4.34. The lowest BCUT2D eigenvalue weighted by atomic mass is 10.1. The van der Waals surface area contributed by atoms with E-state index < -0.39 is 11.9 Å². The molecule has 0 aliphatic heterocycles. The van der Waals surface area contributed by atoms with Crippen molar-refractivity contribution in [2.24, 2.45) is 0 Å². The van der Waals surface area contributed by atoms with Crippen LogP contribution in [-0.4, -0.2) is 4.98 Å². The average molecular weight is 214 g/mol. The molecule has 0 aliphatic carbocycles. The van der Waals surface area contributed by atoms with Crippen LogP contribution in [0.4, 0.5) is 13.2 Å². The van der Waals surface area contributed by atoms with E-state index in [1.54, 1.807) is 19.9 Å². The zero-order valence-electron chi connectivity index (χ0n) is 8.26. The standard InChI is InChI=1S/C10H9F3N2/c1-6(2)8-3-7(5-14)4-9(15-8)10(11,12)13/h3-4,6H,1-2H3. The molecule has 0 atom stereocenters. The van der Waals surface area contributed by atoms with E-state index in [1.807, 2.05) is 0 Å². The molecule has 0 radical (unpaired) electrons. The van der Waals surface area contributed by atoms with Crippen molar-refractivity contribution in [1.82, 2.24) is 4.98 Å². The number of halogens is 3. The van der Waals surface area contributed by atoms with Gasteiger partial charge in [0.1, 0.15) is 5.69 Å². The maximum Gasteiger partial charge on any atom is 0.433 e. The van der Waals surface area contributed by atoms with E-state index in [9.17, 15) is 13.2 Å². The predicted molar refractivity (Wildman–Crippen MR) is 48.0 cm³/mol. The molecule has 1 rings (SSSR count). The van der Waals surface area contributed by atoms with Gasteiger partial charge < -0.3 is 0 Å². The Morgan fingerprint density at radius 1 is 1.33 bits per heavy atom. The third-order valence-electron chi connectivity index (χ3n) is 1.86. The molecule has 1 heterocycles. The summed E-state index contributed by atoms with van der Waals surface area (Å²) in [7, 11) is 0. The predicted octanol–water partition coefficient (Wildman–Crippen LogP) is 3.10. The Balaban J connectivity index is 3.32. The molecule has 80 valence electrons. The van der Waals surface area contributed by atoms with Gasteiger partial charge in [0, 0.05) is 5.69 Å². The highest BCUT2D eigenvalue weighted by molar-refractivity contribution is 5.33. The summed E-state index contributed by atoms with van der Waals surface area (Å²) < 4.78 is 37.1. The van der Waals surface area contributed by atoms with E-state index in [1.165, 1.54) is 6.07 Å². The van der Waals surface area contributed by atoms with Gasteiger partial charge in [-0.15, -0.1) is 0 Å². The zero-order valence-corrected chi connectivity index (χ0v) is 8.26. The first-order valence-corrected chi connectivity index (χ1v) is 4.34. The summed E-state index contributed by atoms with van der Waals surface area (Å²) in [4.78, 5) is 3.48. The highest BCUT2D eigenvalue weighted by Gasteiger charge is 2.33. The Morgan fingerprint density at radius 2 is 1.93 bits per heavy atom. The minimum absolute atomic E-state index is 0.0129. The van der Waals surface area contributed by atoms with Crippen molar-refractivity contribution in [2.45, 2.75) is 25.9 Å². The van der Waals surface area contributed by atoms with E-state index in [4.69, 9.17) is 5.26 Å². The lowest BCUT2D eigenvalue weighted by Crippen LogP contribution is -2.10. The number of hydrogen-bond acceptors (Lipinski definition) is 2. The molecular formula is C10H9F3N2. The van der Waals surface area contributed by atoms with Crippen molar-refractivity contribution in [3.63, 3.8) is 0 Å². The summed E-state index contributed by atoms with van der Waals surface area (Å²) in [5, 5.41) is 8.59. The Hall–Kier alpha value is -1.57. The fourth-order valence-electron chi connectivity index (χ4n) is 1.06. The second-order valence-electron chi connectivity index (χ2n) is 3.43. The monoisotopic (exact) mass is 214 g/mol. The Labute approximate surface area is 85.4 Å². The summed E-state index contributed by atoms with van der Waals surface area (Å²) >= 11 is 0. The summed E-state index contributed by atoms with van der Waals surface area (Å²) in [6, 6.07) is 3.83. The SMILES string of the molecule is CC(C)c1cc(C#N)cc(C(F)(F)F)n1. The van der Waals surface area contributed by atoms with Gasteiger partial charge in [0.05, 0.1) is 11.6 Å². The molecule has 0 fully saturated rings. The topological polar surface area (TPSA) is 36.7 Å². The maximum absolute atomic E-state index is 12.4. The van der Waals surface area contributed by atoms with E-state index in [0.717, 1.165) is 6.07 Å². The van der Waals surface area contributed by atoms with Crippen LogP contribution in [0, 0.1) is 11.3 Å². The second-order valence-corrected chi connectivity index (χ2v) is 3.43. The molecule has 0 N–H and O–H groups in total. The van der Waals surface area contributed by atoms with Crippen molar-refractivity contribution in [3.05, 3.63) is 29.1 Å². The first-order chi connectivity index (χ1) is 6.84. The highest BCUT2D eigenvalue weighted by atomic mass is 19.4. The third kappa shape index (κ3) is 2.69. The normalized spacial score (nSPS) is 11.5. The first kappa shape index (κ1) is 11.5. The Morgan fingerprint density at radius 3 is 2.33 bits per heavy atom. The minimum Gasteiger partial charge on any atom is -0.248 e. The second kappa shape index (κ2) is 3.89. The van der Waals surface area contributed by atoms with Crippen LogP contribution >= 0.6 is 0 Å². The molecule has 0 aromatic carbocycles. The van der Waals surface area contributed by atoms with Crippen LogP contribution in [0.2, 0.25) is 0 Å². The number of nitriles is 1. The summed E-state index contributed by atoms with van der Waals surface area (Å²) in [5.74, 6) is -0.139. The van der Waals surface area contributed by atoms with Gasteiger partial charge in [0.15, 0.2) is 0 Å². The van der Waals surface area contributed by atoms with Gasteiger partial charge in [0.25, 0.3) is 0 Å². The highest BCUT2D eigenvalue weighted by Crippen LogP contribution is 2.29. The van der Waals surface area contributed by atoms with Crippen LogP contribution in [0.15, 0.2) is 12.1 Å². The molecule has 0 saturated heterocycles. The zero-order chi connectivity index (χ0) is 11.6. The van der Waals surface area contributed by atoms with Crippen LogP contribution in [0.25, 0.3) is 0 Å². The van der Waals surface area contributed by atoms with E-state index in [-0.39, 0.29) is 17.2 Å². The molecule has 1 aromatic heterocycles. The molecular weight excluding hydrogens is 205 g/mol. The molecule has 1 aromatic rings. The molecule has 0 amide bonds. The Bertz CT molecular complexity index is 402. The van der Waals surface area contributed by atoms with Gasteiger partial charge in [-0.2, -0.15) is 18.4 Å². The van der Waals surface area contributed by atoms with E-state index >= 15 is 0 Å². The van der Waals surface area contributed by atoms with Crippen molar-refractivity contribution in [2.75, 3.05) is 0 Å². The minimum atomic E-state index is -4.50. The number of alkyl halides is 3. The third-order valence-corrected chi connectivity index (χ3v) is 1.86. The summed E-state index contributed by atoms with van der Waals surface area (Å²) in [6.45, 7) is 3.45. The fourth-order valence-corrected chi connectivity index (χ4v) is 1.06. The van der Waals surface area contributed by atoms with Crippen molar-refractivity contribution < 1.29 is 13.2 Å². The van der Waals surface area contributed by atoms with Gasteiger partial charge >= 0.3 is 6.18 Å². The molecule has 15 heavy (non-hydrogen) atoms. The molecule has 0 aliphatic rings. The van der Waals surface area contributed by atoms with Crippen LogP contribution in [-0.2, 0) is 6.18 Å². The van der Waals surface area contributed by atoms with Gasteiger partial charge in [-0.05, 0) is 18.1 Å². The van der Waals surface area contributed by atoms with Crippen LogP contribution < -0.4 is 0 Å². The fraction of sp³-hybridized carbons (Fsp3) is 0.400. The molecule has 2 nitrogen and oxygen atoms in total. The average Bonchev–Trinajstić information content (AvgIpc) is 2.15. The number of nitrogens with zero attached hydrogens (tertiary/aromatic N) is 2. The van der Waals surface area contributed by atoms with Gasteiger partial charge in [-0.1, -0.05) is 13.8 Å². The van der Waals surface area contributed by atoms with Crippen LogP contribution in [0.5, 0.6) is 0 Å². The van der Waals surface area contributed by atoms with Gasteiger partial charge in [-0.25, -0.2) is 4.98 Å². The van der Waals surface area contributed by atoms with E-state index in [0.29, 0.717) is 0 Å². The number of rotatable bonds is 1. The van der Waals surface area contributed by atoms with Crippen molar-refractivity contribution >= 4 is 0 Å².